The quantitative estimate of drug-likeness (QED) is 0.508. The summed E-state index contributed by atoms with van der Waals surface area (Å²) in [7, 11) is 0. The molecule has 1 unspecified atom stereocenters. The first kappa shape index (κ1) is 17.1. The zero-order valence-electron chi connectivity index (χ0n) is 13.0. The molecule has 0 amide bonds. The maximum Gasteiger partial charge on any atom is 0.133 e. The number of hydrogen-bond donors (Lipinski definition) is 0. The van der Waals surface area contributed by atoms with Gasteiger partial charge >= 0.3 is 0 Å². The lowest BCUT2D eigenvalue weighted by atomic mass is 9.79. The van der Waals surface area contributed by atoms with E-state index < -0.39 is 0 Å². The number of oxime groups is 1. The smallest absolute Gasteiger partial charge is 0.133 e. The highest BCUT2D eigenvalue weighted by Crippen LogP contribution is 2.26. The highest BCUT2D eigenvalue weighted by molar-refractivity contribution is 5.78. The average molecular weight is 255 g/mol. The van der Waals surface area contributed by atoms with Crippen molar-refractivity contribution in [3.8, 4) is 0 Å². The van der Waals surface area contributed by atoms with Crippen LogP contribution in [0.5, 0.6) is 0 Å². The molecule has 0 aliphatic heterocycles. The van der Waals surface area contributed by atoms with Crippen LogP contribution in [0.3, 0.4) is 0 Å². The van der Waals surface area contributed by atoms with Crippen LogP contribution < -0.4 is 0 Å². The fourth-order valence-electron chi connectivity index (χ4n) is 2.05. The number of hydrogen-bond acceptors (Lipinski definition) is 3. The summed E-state index contributed by atoms with van der Waals surface area (Å²) in [5.41, 5.74) is -0.239. The van der Waals surface area contributed by atoms with Gasteiger partial charge in [0.25, 0.3) is 0 Å². The molecule has 0 aromatic heterocycles. The summed E-state index contributed by atoms with van der Waals surface area (Å²) in [5, 5.41) is 3.99. The molecule has 0 bridgehead atoms. The predicted octanol–water partition coefficient (Wildman–Crippen LogP) is 4.06. The van der Waals surface area contributed by atoms with Crippen molar-refractivity contribution in [2.45, 2.75) is 66.9 Å². The van der Waals surface area contributed by atoms with Crippen molar-refractivity contribution >= 4 is 12.0 Å². The Morgan fingerprint density at radius 2 is 1.89 bits per heavy atom. The van der Waals surface area contributed by atoms with Gasteiger partial charge in [0.1, 0.15) is 11.4 Å². The Balaban J connectivity index is 4.23. The largest absolute Gasteiger partial charge is 0.390 e. The van der Waals surface area contributed by atoms with Crippen LogP contribution >= 0.6 is 0 Å². The molecule has 0 spiro atoms. The van der Waals surface area contributed by atoms with Gasteiger partial charge in [-0.3, -0.25) is 4.79 Å². The lowest BCUT2D eigenvalue weighted by Gasteiger charge is -2.25. The Labute approximate surface area is 112 Å². The van der Waals surface area contributed by atoms with Crippen LogP contribution in [0.15, 0.2) is 5.16 Å². The second-order valence-electron chi connectivity index (χ2n) is 6.19. The molecule has 0 fully saturated rings. The van der Waals surface area contributed by atoms with Crippen molar-refractivity contribution in [3.63, 3.8) is 0 Å². The molecule has 0 N–H and O–H groups in total. The summed E-state index contributed by atoms with van der Waals surface area (Å²) in [6, 6.07) is 0. The molecular formula is C15H29NO2. The van der Waals surface area contributed by atoms with Crippen LogP contribution in [0.1, 0.15) is 61.3 Å². The van der Waals surface area contributed by atoms with Crippen molar-refractivity contribution in [1.82, 2.24) is 0 Å². The fourth-order valence-corrected chi connectivity index (χ4v) is 2.05. The number of nitrogens with zero attached hydrogens (tertiary/aromatic N) is 1. The van der Waals surface area contributed by atoms with Crippen molar-refractivity contribution in [2.75, 3.05) is 0 Å². The SMILES string of the molecule is CC[C@H](C(C)=O)C(C)[C@H](C)C/C=N/OC(C)(C)C. The standard InChI is InChI=1S/C15H29NO2/c1-8-14(13(4)17)12(3)11(2)9-10-16-18-15(5,6)7/h10-12,14H,8-9H2,1-7H3/b16-10+/t11-,12?,14+/m1/s1. The molecule has 0 aromatic rings. The summed E-state index contributed by atoms with van der Waals surface area (Å²) in [4.78, 5) is 16.8. The van der Waals surface area contributed by atoms with Gasteiger partial charge in [-0.15, -0.1) is 0 Å². The van der Waals surface area contributed by atoms with Crippen molar-refractivity contribution in [3.05, 3.63) is 0 Å². The summed E-state index contributed by atoms with van der Waals surface area (Å²) in [5.74, 6) is 1.27. The van der Waals surface area contributed by atoms with Crippen LogP contribution in [0.2, 0.25) is 0 Å². The van der Waals surface area contributed by atoms with Gasteiger partial charge in [-0.25, -0.2) is 0 Å². The first-order valence-electron chi connectivity index (χ1n) is 6.89. The highest BCUT2D eigenvalue weighted by Gasteiger charge is 2.24. The zero-order valence-corrected chi connectivity index (χ0v) is 13.0. The summed E-state index contributed by atoms with van der Waals surface area (Å²) < 4.78 is 0. The number of ketones is 1. The molecular weight excluding hydrogens is 226 g/mol. The van der Waals surface area contributed by atoms with E-state index in [2.05, 4.69) is 25.9 Å². The van der Waals surface area contributed by atoms with Gasteiger partial charge in [0, 0.05) is 12.1 Å². The summed E-state index contributed by atoms with van der Waals surface area (Å²) in [6.45, 7) is 14.0. The molecule has 106 valence electrons. The second kappa shape index (κ2) is 7.55. The molecule has 3 heteroatoms. The van der Waals surface area contributed by atoms with E-state index in [4.69, 9.17) is 4.84 Å². The van der Waals surface area contributed by atoms with Crippen molar-refractivity contribution < 1.29 is 9.63 Å². The molecule has 3 nitrogen and oxygen atoms in total. The van der Waals surface area contributed by atoms with E-state index in [1.54, 1.807) is 6.92 Å². The number of carbonyl (C=O) groups excluding carboxylic acids is 1. The summed E-state index contributed by atoms with van der Waals surface area (Å²) in [6.07, 6.45) is 3.58. The monoisotopic (exact) mass is 255 g/mol. The van der Waals surface area contributed by atoms with Gasteiger partial charge in [0.15, 0.2) is 0 Å². The van der Waals surface area contributed by atoms with Crippen molar-refractivity contribution in [1.29, 1.82) is 0 Å². The Morgan fingerprint density at radius 1 is 1.33 bits per heavy atom. The minimum Gasteiger partial charge on any atom is -0.390 e. The topological polar surface area (TPSA) is 38.7 Å². The Kier molecular flexibility index (Phi) is 7.19. The van der Waals surface area contributed by atoms with Gasteiger partial charge in [-0.05, 0) is 52.4 Å². The van der Waals surface area contributed by atoms with Crippen molar-refractivity contribution in [2.24, 2.45) is 22.9 Å². The minimum absolute atomic E-state index is 0.164. The molecule has 0 radical (unpaired) electrons. The molecule has 0 rings (SSSR count). The lowest BCUT2D eigenvalue weighted by Crippen LogP contribution is -2.24. The third-order valence-corrected chi connectivity index (χ3v) is 3.37. The van der Waals surface area contributed by atoms with Gasteiger partial charge in [-0.1, -0.05) is 25.9 Å². The molecule has 0 saturated carbocycles. The fraction of sp³-hybridized carbons (Fsp3) is 0.867. The van der Waals surface area contributed by atoms with Crippen LogP contribution in [-0.2, 0) is 9.63 Å². The zero-order chi connectivity index (χ0) is 14.3. The normalized spacial score (nSPS) is 17.5. The second-order valence-corrected chi connectivity index (χ2v) is 6.19. The average Bonchev–Trinajstić information content (AvgIpc) is 2.23. The van der Waals surface area contributed by atoms with E-state index in [-0.39, 0.29) is 11.5 Å². The van der Waals surface area contributed by atoms with E-state index in [9.17, 15) is 4.79 Å². The van der Waals surface area contributed by atoms with E-state index in [0.29, 0.717) is 17.6 Å². The van der Waals surface area contributed by atoms with E-state index in [0.717, 1.165) is 12.8 Å². The molecule has 0 aromatic carbocycles. The van der Waals surface area contributed by atoms with E-state index in [1.165, 1.54) is 0 Å². The van der Waals surface area contributed by atoms with Crippen LogP contribution in [0, 0.1) is 17.8 Å². The minimum atomic E-state index is -0.239. The molecule has 18 heavy (non-hydrogen) atoms. The Hall–Kier alpha value is -0.860. The first-order valence-corrected chi connectivity index (χ1v) is 6.89. The molecule has 0 heterocycles. The third-order valence-electron chi connectivity index (χ3n) is 3.37. The summed E-state index contributed by atoms with van der Waals surface area (Å²) >= 11 is 0. The molecule has 0 aliphatic rings. The van der Waals surface area contributed by atoms with Crippen LogP contribution in [-0.4, -0.2) is 17.6 Å². The molecule has 0 aliphatic carbocycles. The third kappa shape index (κ3) is 6.77. The number of carbonyl (C=O) groups is 1. The van der Waals surface area contributed by atoms with E-state index in [1.807, 2.05) is 27.0 Å². The lowest BCUT2D eigenvalue weighted by molar-refractivity contribution is -0.122. The van der Waals surface area contributed by atoms with Gasteiger partial charge in [0.2, 0.25) is 0 Å². The van der Waals surface area contributed by atoms with Gasteiger partial charge in [0.05, 0.1) is 0 Å². The Bertz CT molecular complexity index is 279. The van der Waals surface area contributed by atoms with Crippen LogP contribution in [0.25, 0.3) is 0 Å². The maximum atomic E-state index is 11.5. The maximum absolute atomic E-state index is 11.5. The molecule has 0 saturated heterocycles. The Morgan fingerprint density at radius 3 is 2.28 bits per heavy atom. The number of Topliss-reactive ketones (excluding diaryl/α,β-unsaturated/α-hetero) is 1. The first-order chi connectivity index (χ1) is 8.19. The van der Waals surface area contributed by atoms with Gasteiger partial charge in [-0.2, -0.15) is 0 Å². The predicted molar refractivity (Wildman–Crippen MR) is 76.7 cm³/mol. The molecule has 3 atom stereocenters. The van der Waals surface area contributed by atoms with Gasteiger partial charge < -0.3 is 4.84 Å². The van der Waals surface area contributed by atoms with Crippen LogP contribution in [0.4, 0.5) is 0 Å². The number of rotatable bonds is 7. The highest BCUT2D eigenvalue weighted by atomic mass is 16.6. The van der Waals surface area contributed by atoms with E-state index >= 15 is 0 Å².